The Morgan fingerprint density at radius 2 is 0.861 bits per heavy atom. The zero-order chi connectivity index (χ0) is 26.3. The van der Waals surface area contributed by atoms with Gasteiger partial charge in [0, 0.05) is 6.61 Å². The molecule has 1 saturated heterocycles. The molecule has 0 unspecified atom stereocenters. The second-order valence-electron chi connectivity index (χ2n) is 11.0. The van der Waals surface area contributed by atoms with Gasteiger partial charge in [0.25, 0.3) is 0 Å². The Morgan fingerprint density at radius 1 is 0.500 bits per heavy atom. The third-order valence-corrected chi connectivity index (χ3v) is 7.63. The maximum Gasteiger partial charge on any atom is 0.186 e. The van der Waals surface area contributed by atoms with E-state index in [1.807, 2.05) is 0 Å². The Bertz CT molecular complexity index is 461. The molecule has 4 N–H and O–H groups in total. The molecule has 1 fully saturated rings. The number of hydrogen-bond acceptors (Lipinski definition) is 6. The van der Waals surface area contributed by atoms with Gasteiger partial charge in [-0.1, -0.05) is 142 Å². The van der Waals surface area contributed by atoms with Gasteiger partial charge in [0.2, 0.25) is 0 Å². The third-order valence-electron chi connectivity index (χ3n) is 7.63. The molecule has 1 rings (SSSR count). The van der Waals surface area contributed by atoms with E-state index in [0.29, 0.717) is 6.61 Å². The summed E-state index contributed by atoms with van der Waals surface area (Å²) in [4.78, 5) is 0. The highest BCUT2D eigenvalue weighted by Gasteiger charge is 2.43. The molecular weight excluding hydrogens is 456 g/mol. The third kappa shape index (κ3) is 16.6. The number of hydrogen-bond donors (Lipinski definition) is 4. The number of ether oxygens (including phenoxy) is 2. The molecule has 1 aliphatic rings. The Hall–Kier alpha value is -0.240. The minimum absolute atomic E-state index is 0.426. The van der Waals surface area contributed by atoms with E-state index in [4.69, 9.17) is 9.47 Å². The molecule has 0 spiro atoms. The Labute approximate surface area is 222 Å². The van der Waals surface area contributed by atoms with Crippen molar-refractivity contribution in [1.29, 1.82) is 0 Å². The fraction of sp³-hybridized carbons (Fsp3) is 1.00. The van der Waals surface area contributed by atoms with E-state index in [9.17, 15) is 20.4 Å². The van der Waals surface area contributed by atoms with Crippen LogP contribution in [0.5, 0.6) is 0 Å². The second-order valence-corrected chi connectivity index (χ2v) is 11.0. The Kier molecular flexibility index (Phi) is 22.4. The van der Waals surface area contributed by atoms with Crippen LogP contribution in [0.4, 0.5) is 0 Å². The summed E-state index contributed by atoms with van der Waals surface area (Å²) in [5.41, 5.74) is 0. The van der Waals surface area contributed by atoms with E-state index in [2.05, 4.69) is 6.92 Å². The van der Waals surface area contributed by atoms with Crippen molar-refractivity contribution in [2.45, 2.75) is 179 Å². The predicted molar refractivity (Wildman–Crippen MR) is 147 cm³/mol. The first kappa shape index (κ1) is 33.8. The number of aliphatic hydroxyl groups is 4. The molecular formula is C30H60O6. The van der Waals surface area contributed by atoms with E-state index in [-0.39, 0.29) is 0 Å². The fourth-order valence-electron chi connectivity index (χ4n) is 5.12. The molecule has 6 heteroatoms. The minimum atomic E-state index is -1.37. The minimum Gasteiger partial charge on any atom is -0.394 e. The van der Waals surface area contributed by atoms with Gasteiger partial charge in [0.05, 0.1) is 6.61 Å². The molecule has 216 valence electrons. The lowest BCUT2D eigenvalue weighted by Crippen LogP contribution is -2.59. The van der Waals surface area contributed by atoms with Gasteiger partial charge in [-0.25, -0.2) is 0 Å². The number of aliphatic hydroxyl groups excluding tert-OH is 4. The Morgan fingerprint density at radius 3 is 1.22 bits per heavy atom. The van der Waals surface area contributed by atoms with Crippen molar-refractivity contribution < 1.29 is 29.9 Å². The summed E-state index contributed by atoms with van der Waals surface area (Å²) >= 11 is 0. The van der Waals surface area contributed by atoms with E-state index in [0.717, 1.165) is 12.8 Å². The van der Waals surface area contributed by atoms with Crippen molar-refractivity contribution in [3.8, 4) is 0 Å². The highest BCUT2D eigenvalue weighted by Crippen LogP contribution is 2.22. The zero-order valence-corrected chi connectivity index (χ0v) is 23.5. The molecule has 36 heavy (non-hydrogen) atoms. The van der Waals surface area contributed by atoms with E-state index in [1.165, 1.54) is 128 Å². The van der Waals surface area contributed by atoms with Crippen LogP contribution in [0, 0.1) is 0 Å². The largest absolute Gasteiger partial charge is 0.394 e. The van der Waals surface area contributed by atoms with Crippen molar-refractivity contribution in [2.24, 2.45) is 0 Å². The molecule has 0 bridgehead atoms. The molecule has 0 amide bonds. The molecule has 0 aromatic carbocycles. The zero-order valence-electron chi connectivity index (χ0n) is 23.5. The summed E-state index contributed by atoms with van der Waals surface area (Å²) in [5, 5.41) is 38.7. The molecule has 1 aliphatic heterocycles. The summed E-state index contributed by atoms with van der Waals surface area (Å²) in [6.07, 6.45) is 23.8. The van der Waals surface area contributed by atoms with Gasteiger partial charge in [-0.05, 0) is 6.42 Å². The van der Waals surface area contributed by atoms with Gasteiger partial charge in [-0.2, -0.15) is 0 Å². The van der Waals surface area contributed by atoms with Crippen LogP contribution >= 0.6 is 0 Å². The van der Waals surface area contributed by atoms with Crippen molar-refractivity contribution in [1.82, 2.24) is 0 Å². The van der Waals surface area contributed by atoms with Crippen LogP contribution in [0.3, 0.4) is 0 Å². The summed E-state index contributed by atoms with van der Waals surface area (Å²) in [7, 11) is 0. The van der Waals surface area contributed by atoms with Crippen molar-refractivity contribution in [3.05, 3.63) is 0 Å². The molecule has 0 aromatic heterocycles. The average molecular weight is 517 g/mol. The normalized spacial score (nSPS) is 24.4. The smallest absolute Gasteiger partial charge is 0.186 e. The van der Waals surface area contributed by atoms with Crippen LogP contribution in [0.1, 0.15) is 148 Å². The molecule has 1 heterocycles. The van der Waals surface area contributed by atoms with Crippen LogP contribution in [-0.4, -0.2) is 64.3 Å². The summed E-state index contributed by atoms with van der Waals surface area (Å²) in [6, 6.07) is 0. The van der Waals surface area contributed by atoms with Gasteiger partial charge in [0.1, 0.15) is 24.4 Å². The summed E-state index contributed by atoms with van der Waals surface area (Å²) in [6.45, 7) is 2.29. The van der Waals surface area contributed by atoms with Crippen molar-refractivity contribution >= 4 is 0 Å². The van der Waals surface area contributed by atoms with Gasteiger partial charge in [-0.3, -0.25) is 0 Å². The lowest BCUT2D eigenvalue weighted by molar-refractivity contribution is -0.301. The predicted octanol–water partition coefficient (Wildman–Crippen LogP) is 6.41. The second kappa shape index (κ2) is 23.8. The average Bonchev–Trinajstić information content (AvgIpc) is 2.89. The number of rotatable bonds is 25. The summed E-state index contributed by atoms with van der Waals surface area (Å²) < 4.78 is 10.9. The Balaban J connectivity index is 1.76. The van der Waals surface area contributed by atoms with Crippen molar-refractivity contribution in [2.75, 3.05) is 13.2 Å². The standard InChI is InChI=1S/C30H60O6/c1-2-3-4-5-6-7-8-9-10-11-12-13-14-15-16-17-18-19-20-21-22-23-24-35-30-29(34)28(33)27(32)26(25-31)36-30/h26-34H,2-25H2,1H3/t26-,27-,28+,29-,30-/m0/s1. The quantitative estimate of drug-likeness (QED) is 0.105. The number of unbranched alkanes of at least 4 members (excludes halogenated alkanes) is 21. The SMILES string of the molecule is CCCCCCCCCCCCCCCCCCCCCCCCO[C@H]1O[C@@H](CO)[C@H](O)[C@@H](O)[C@@H]1O. The van der Waals surface area contributed by atoms with Gasteiger partial charge in [0.15, 0.2) is 6.29 Å². The molecule has 0 saturated carbocycles. The maximum atomic E-state index is 9.96. The first-order chi connectivity index (χ1) is 17.6. The first-order valence-corrected chi connectivity index (χ1v) is 15.5. The molecule has 0 aliphatic carbocycles. The van der Waals surface area contributed by atoms with Gasteiger partial charge < -0.3 is 29.9 Å². The van der Waals surface area contributed by atoms with Crippen LogP contribution in [0.2, 0.25) is 0 Å². The molecule has 0 aromatic rings. The topological polar surface area (TPSA) is 99.4 Å². The first-order valence-electron chi connectivity index (χ1n) is 15.5. The van der Waals surface area contributed by atoms with Crippen LogP contribution in [0.25, 0.3) is 0 Å². The molecule has 0 radical (unpaired) electrons. The molecule has 6 nitrogen and oxygen atoms in total. The fourth-order valence-corrected chi connectivity index (χ4v) is 5.12. The highest BCUT2D eigenvalue weighted by molar-refractivity contribution is 4.88. The van der Waals surface area contributed by atoms with E-state index < -0.39 is 37.3 Å². The summed E-state index contributed by atoms with van der Waals surface area (Å²) in [5.74, 6) is 0. The monoisotopic (exact) mass is 516 g/mol. The van der Waals surface area contributed by atoms with Gasteiger partial charge >= 0.3 is 0 Å². The maximum absolute atomic E-state index is 9.96. The van der Waals surface area contributed by atoms with E-state index >= 15 is 0 Å². The van der Waals surface area contributed by atoms with Crippen LogP contribution < -0.4 is 0 Å². The van der Waals surface area contributed by atoms with Crippen LogP contribution in [-0.2, 0) is 9.47 Å². The molecule has 5 atom stereocenters. The highest BCUT2D eigenvalue weighted by atomic mass is 16.7. The lowest BCUT2D eigenvalue weighted by Gasteiger charge is -2.39. The lowest BCUT2D eigenvalue weighted by atomic mass is 9.99. The van der Waals surface area contributed by atoms with E-state index in [1.54, 1.807) is 0 Å². The van der Waals surface area contributed by atoms with Gasteiger partial charge in [-0.15, -0.1) is 0 Å². The van der Waals surface area contributed by atoms with Crippen LogP contribution in [0.15, 0.2) is 0 Å². The van der Waals surface area contributed by atoms with Crippen molar-refractivity contribution in [3.63, 3.8) is 0 Å².